The minimum atomic E-state index is 0.135. The topological polar surface area (TPSA) is 42.4 Å². The van der Waals surface area contributed by atoms with Gasteiger partial charge in [0.05, 0.1) is 18.7 Å². The van der Waals surface area contributed by atoms with E-state index in [0.717, 1.165) is 23.7 Å². The second kappa shape index (κ2) is 5.60. The van der Waals surface area contributed by atoms with Crippen molar-refractivity contribution in [2.24, 2.45) is 0 Å². The molecule has 1 aromatic rings. The van der Waals surface area contributed by atoms with Crippen LogP contribution in [0.15, 0.2) is 5.38 Å². The van der Waals surface area contributed by atoms with Crippen LogP contribution in [0, 0.1) is 6.92 Å². The number of ether oxygens (including phenoxy) is 1. The molecule has 0 radical (unpaired) electrons. The molecule has 0 aromatic carbocycles. The smallest absolute Gasteiger partial charge is 0.231 e. The number of carbonyl (C=O) groups excluding carboxylic acids is 1. The predicted octanol–water partition coefficient (Wildman–Crippen LogP) is 2.37. The maximum atomic E-state index is 12.1. The summed E-state index contributed by atoms with van der Waals surface area (Å²) in [5.41, 5.74) is 0.980. The molecule has 94 valence electrons. The van der Waals surface area contributed by atoms with Crippen molar-refractivity contribution in [2.45, 2.75) is 39.2 Å². The molecule has 1 heterocycles. The number of aromatic nitrogens is 1. The maximum Gasteiger partial charge on any atom is 0.231 e. The molecule has 0 unspecified atom stereocenters. The van der Waals surface area contributed by atoms with Gasteiger partial charge in [0, 0.05) is 18.0 Å². The molecule has 1 aliphatic carbocycles. The van der Waals surface area contributed by atoms with Gasteiger partial charge in [-0.3, -0.25) is 9.69 Å². The highest BCUT2D eigenvalue weighted by Gasteiger charge is 2.34. The summed E-state index contributed by atoms with van der Waals surface area (Å²) in [5.74, 6) is 0.135. The lowest BCUT2D eigenvalue weighted by Crippen LogP contribution is -2.33. The summed E-state index contributed by atoms with van der Waals surface area (Å²) in [6.07, 6.45) is 2.64. The van der Waals surface area contributed by atoms with E-state index in [0.29, 0.717) is 25.7 Å². The molecular weight excluding hydrogens is 236 g/mol. The minimum absolute atomic E-state index is 0.135. The lowest BCUT2D eigenvalue weighted by molar-refractivity contribution is -0.119. The fourth-order valence-corrected chi connectivity index (χ4v) is 2.57. The number of anilines is 1. The third-order valence-electron chi connectivity index (χ3n) is 2.66. The van der Waals surface area contributed by atoms with Crippen molar-refractivity contribution in [3.05, 3.63) is 11.1 Å². The van der Waals surface area contributed by atoms with Gasteiger partial charge in [-0.15, -0.1) is 11.3 Å². The molecule has 1 aliphatic rings. The van der Waals surface area contributed by atoms with Gasteiger partial charge in [-0.05, 0) is 26.7 Å². The largest absolute Gasteiger partial charge is 0.381 e. The quantitative estimate of drug-likeness (QED) is 0.732. The predicted molar refractivity (Wildman–Crippen MR) is 68.5 cm³/mol. The summed E-state index contributed by atoms with van der Waals surface area (Å²) < 4.78 is 5.23. The van der Waals surface area contributed by atoms with Gasteiger partial charge in [-0.2, -0.15) is 0 Å². The number of carbonyl (C=O) groups is 1. The van der Waals surface area contributed by atoms with Gasteiger partial charge in [0.1, 0.15) is 0 Å². The van der Waals surface area contributed by atoms with Crippen molar-refractivity contribution in [3.63, 3.8) is 0 Å². The number of nitrogens with zero attached hydrogens (tertiary/aromatic N) is 2. The average Bonchev–Trinajstić information content (AvgIpc) is 3.03. The van der Waals surface area contributed by atoms with Crippen molar-refractivity contribution in [3.8, 4) is 0 Å². The van der Waals surface area contributed by atoms with Crippen LogP contribution in [0.4, 0.5) is 5.13 Å². The van der Waals surface area contributed by atoms with Crippen molar-refractivity contribution >= 4 is 22.4 Å². The highest BCUT2D eigenvalue weighted by atomic mass is 32.1. The van der Waals surface area contributed by atoms with Gasteiger partial charge >= 0.3 is 0 Å². The molecule has 1 fully saturated rings. The normalized spacial score (nSPS) is 14.9. The molecule has 0 aliphatic heterocycles. The molecule has 1 amide bonds. The molecule has 0 atom stereocenters. The first kappa shape index (κ1) is 12.5. The third-order valence-corrected chi connectivity index (χ3v) is 3.62. The molecule has 2 rings (SSSR count). The van der Waals surface area contributed by atoms with E-state index in [1.54, 1.807) is 11.3 Å². The fourth-order valence-electron chi connectivity index (χ4n) is 1.68. The van der Waals surface area contributed by atoms with Crippen LogP contribution in [0.3, 0.4) is 0 Å². The van der Waals surface area contributed by atoms with Crippen LogP contribution in [0.2, 0.25) is 0 Å². The van der Waals surface area contributed by atoms with E-state index in [4.69, 9.17) is 4.74 Å². The van der Waals surface area contributed by atoms with E-state index in [1.165, 1.54) is 0 Å². The first-order chi connectivity index (χ1) is 8.22. The number of hydrogen-bond acceptors (Lipinski definition) is 4. The Balaban J connectivity index is 1.99. The van der Waals surface area contributed by atoms with Gasteiger partial charge in [0.2, 0.25) is 5.91 Å². The van der Waals surface area contributed by atoms with E-state index in [2.05, 4.69) is 4.98 Å². The summed E-state index contributed by atoms with van der Waals surface area (Å²) in [4.78, 5) is 18.4. The van der Waals surface area contributed by atoms with Crippen LogP contribution < -0.4 is 4.90 Å². The van der Waals surface area contributed by atoms with E-state index in [9.17, 15) is 4.79 Å². The highest BCUT2D eigenvalue weighted by molar-refractivity contribution is 7.14. The van der Waals surface area contributed by atoms with Crippen LogP contribution >= 0.6 is 11.3 Å². The van der Waals surface area contributed by atoms with Crippen molar-refractivity contribution in [1.29, 1.82) is 0 Å². The molecule has 5 heteroatoms. The van der Waals surface area contributed by atoms with Gasteiger partial charge < -0.3 is 4.74 Å². The van der Waals surface area contributed by atoms with Crippen LogP contribution in [-0.4, -0.2) is 30.1 Å². The number of amides is 1. The fraction of sp³-hybridized carbons (Fsp3) is 0.667. The van der Waals surface area contributed by atoms with E-state index in [-0.39, 0.29) is 5.91 Å². The molecular formula is C12H18N2O2S. The molecule has 0 spiro atoms. The molecule has 0 N–H and O–H groups in total. The summed E-state index contributed by atoms with van der Waals surface area (Å²) in [6, 6.07) is 0.370. The molecule has 17 heavy (non-hydrogen) atoms. The van der Waals surface area contributed by atoms with E-state index in [1.807, 2.05) is 24.1 Å². The first-order valence-corrected chi connectivity index (χ1v) is 6.92. The average molecular weight is 254 g/mol. The lowest BCUT2D eigenvalue weighted by atomic mass is 10.4. The van der Waals surface area contributed by atoms with Gasteiger partial charge in [-0.25, -0.2) is 4.98 Å². The number of aryl methyl sites for hydroxylation is 1. The zero-order valence-electron chi connectivity index (χ0n) is 10.3. The second-order valence-corrected chi connectivity index (χ2v) is 5.05. The van der Waals surface area contributed by atoms with E-state index >= 15 is 0 Å². The lowest BCUT2D eigenvalue weighted by Gasteiger charge is -2.19. The second-order valence-electron chi connectivity index (χ2n) is 4.21. The van der Waals surface area contributed by atoms with Crippen molar-refractivity contribution in [1.82, 2.24) is 4.98 Å². The Morgan fingerprint density at radius 2 is 2.41 bits per heavy atom. The number of rotatable bonds is 6. The summed E-state index contributed by atoms with van der Waals surface area (Å²) in [6.45, 7) is 5.05. The van der Waals surface area contributed by atoms with Crippen LogP contribution in [0.25, 0.3) is 0 Å². The Morgan fingerprint density at radius 3 is 2.94 bits per heavy atom. The number of hydrogen-bond donors (Lipinski definition) is 0. The minimum Gasteiger partial charge on any atom is -0.381 e. The molecule has 4 nitrogen and oxygen atoms in total. The van der Waals surface area contributed by atoms with Gasteiger partial charge in [-0.1, -0.05) is 0 Å². The molecule has 0 bridgehead atoms. The maximum absolute atomic E-state index is 12.1. The summed E-state index contributed by atoms with van der Waals surface area (Å²) in [5, 5.41) is 2.83. The number of thiazole rings is 1. The van der Waals surface area contributed by atoms with Gasteiger partial charge in [0.15, 0.2) is 5.13 Å². The Kier molecular flexibility index (Phi) is 4.12. The molecule has 1 aromatic heterocycles. The summed E-state index contributed by atoms with van der Waals surface area (Å²) in [7, 11) is 0. The Bertz CT molecular complexity index is 388. The monoisotopic (exact) mass is 254 g/mol. The Hall–Kier alpha value is -0.940. The van der Waals surface area contributed by atoms with Crippen molar-refractivity contribution in [2.75, 3.05) is 18.1 Å². The molecule has 1 saturated carbocycles. The SMILES string of the molecule is CCOCCC(=O)N(c1nc(C)cs1)C1CC1. The van der Waals surface area contributed by atoms with E-state index < -0.39 is 0 Å². The Labute approximate surface area is 106 Å². The summed E-state index contributed by atoms with van der Waals surface area (Å²) >= 11 is 1.55. The Morgan fingerprint density at radius 1 is 1.65 bits per heavy atom. The van der Waals surface area contributed by atoms with Crippen LogP contribution in [0.5, 0.6) is 0 Å². The highest BCUT2D eigenvalue weighted by Crippen LogP contribution is 2.33. The molecule has 0 saturated heterocycles. The zero-order valence-corrected chi connectivity index (χ0v) is 11.1. The van der Waals surface area contributed by atoms with Gasteiger partial charge in [0.25, 0.3) is 0 Å². The van der Waals surface area contributed by atoms with Crippen molar-refractivity contribution < 1.29 is 9.53 Å². The first-order valence-electron chi connectivity index (χ1n) is 6.04. The van der Waals surface area contributed by atoms with Crippen LogP contribution in [0.1, 0.15) is 31.9 Å². The van der Waals surface area contributed by atoms with Crippen LogP contribution in [-0.2, 0) is 9.53 Å². The standard InChI is InChI=1S/C12H18N2O2S/c1-3-16-7-6-11(15)14(10-4-5-10)12-13-9(2)8-17-12/h8,10H,3-7H2,1-2H3. The third kappa shape index (κ3) is 3.26. The zero-order chi connectivity index (χ0) is 12.3.